The van der Waals surface area contributed by atoms with Crippen LogP contribution < -0.4 is 0 Å². The summed E-state index contributed by atoms with van der Waals surface area (Å²) in [5.41, 5.74) is 0. The maximum atomic E-state index is 12.9. The summed E-state index contributed by atoms with van der Waals surface area (Å²) in [5, 5.41) is 71.6. The predicted octanol–water partition coefficient (Wildman–Crippen LogP) is 3.42. The Hall–Kier alpha value is -2.28. The Labute approximate surface area is 338 Å². The molecule has 0 aromatic rings. The first-order valence-corrected chi connectivity index (χ1v) is 21.1. The third kappa shape index (κ3) is 20.5. The molecule has 0 amide bonds. The van der Waals surface area contributed by atoms with Gasteiger partial charge in [-0.1, -0.05) is 102 Å². The van der Waals surface area contributed by atoms with Crippen LogP contribution in [0.15, 0.2) is 36.5 Å². The van der Waals surface area contributed by atoms with Crippen molar-refractivity contribution in [2.75, 3.05) is 26.4 Å². The van der Waals surface area contributed by atoms with Crippen LogP contribution in [0.1, 0.15) is 123 Å². The summed E-state index contributed by atoms with van der Waals surface area (Å²) >= 11 is 0. The molecule has 2 fully saturated rings. The standard InChI is InChI=1S/C42H72O15/c1-3-5-7-9-11-13-14-15-16-17-19-21-23-25-34(45)55-30(27-52-33(44)24-22-20-18-12-10-8-6-4-2)28-53-41-40(51)38(49)36(47)32(57-41)29-54-42-39(50)37(48)35(46)31(26-43)56-42/h5,7,11,13,15-16,30-32,35-43,46-51H,3-4,6,8-10,12,14,17-29H2,1-2H3/b7-5-,13-11-,16-15-. The molecular weight excluding hydrogens is 744 g/mol. The van der Waals surface area contributed by atoms with E-state index < -0.39 is 99.3 Å². The lowest BCUT2D eigenvalue weighted by Crippen LogP contribution is -2.61. The average Bonchev–Trinajstić information content (AvgIpc) is 3.20. The molecule has 7 N–H and O–H groups in total. The number of rotatable bonds is 30. The molecule has 330 valence electrons. The highest BCUT2D eigenvalue weighted by molar-refractivity contribution is 5.70. The van der Waals surface area contributed by atoms with Crippen molar-refractivity contribution >= 4 is 11.9 Å². The maximum Gasteiger partial charge on any atom is 0.306 e. The van der Waals surface area contributed by atoms with Crippen LogP contribution in [-0.2, 0) is 38.0 Å². The van der Waals surface area contributed by atoms with Crippen LogP contribution in [0.5, 0.6) is 0 Å². The molecule has 0 spiro atoms. The largest absolute Gasteiger partial charge is 0.462 e. The Morgan fingerprint density at radius 2 is 1.11 bits per heavy atom. The molecular formula is C42H72O15. The summed E-state index contributed by atoms with van der Waals surface area (Å²) in [6, 6.07) is 0. The summed E-state index contributed by atoms with van der Waals surface area (Å²) in [4.78, 5) is 25.4. The van der Waals surface area contributed by atoms with E-state index in [1.165, 1.54) is 25.7 Å². The van der Waals surface area contributed by atoms with E-state index in [0.717, 1.165) is 57.8 Å². The SMILES string of the molecule is CC/C=C\C/C=C\C/C=C\CCCCCC(=O)OC(COC(=O)CCCCCCCCCC)COC1OC(COC2OC(CO)C(O)C(O)C2O)C(O)C(O)C1O. The van der Waals surface area contributed by atoms with Crippen LogP contribution in [0.25, 0.3) is 0 Å². The van der Waals surface area contributed by atoms with E-state index in [9.17, 15) is 45.3 Å². The third-order valence-corrected chi connectivity index (χ3v) is 9.88. The molecule has 0 saturated carbocycles. The van der Waals surface area contributed by atoms with Gasteiger partial charge in [-0.2, -0.15) is 0 Å². The van der Waals surface area contributed by atoms with Gasteiger partial charge in [-0.25, -0.2) is 0 Å². The molecule has 11 unspecified atom stereocenters. The number of hydrogen-bond acceptors (Lipinski definition) is 15. The third-order valence-electron chi connectivity index (χ3n) is 9.88. The number of esters is 2. The van der Waals surface area contributed by atoms with Crippen molar-refractivity contribution in [3.63, 3.8) is 0 Å². The minimum atomic E-state index is -1.77. The van der Waals surface area contributed by atoms with Crippen molar-refractivity contribution in [1.29, 1.82) is 0 Å². The highest BCUT2D eigenvalue weighted by Crippen LogP contribution is 2.26. The molecule has 2 heterocycles. The van der Waals surface area contributed by atoms with Gasteiger partial charge in [0.15, 0.2) is 18.7 Å². The normalized spacial score (nSPS) is 28.7. The van der Waals surface area contributed by atoms with Crippen molar-refractivity contribution in [3.05, 3.63) is 36.5 Å². The van der Waals surface area contributed by atoms with E-state index in [0.29, 0.717) is 12.8 Å². The van der Waals surface area contributed by atoms with E-state index in [2.05, 4.69) is 50.3 Å². The molecule has 0 aromatic heterocycles. The van der Waals surface area contributed by atoms with E-state index in [1.807, 2.05) is 0 Å². The summed E-state index contributed by atoms with van der Waals surface area (Å²) in [5.74, 6) is -0.969. The fraction of sp³-hybridized carbons (Fsp3) is 0.810. The van der Waals surface area contributed by atoms with E-state index >= 15 is 0 Å². The van der Waals surface area contributed by atoms with Crippen molar-refractivity contribution in [3.8, 4) is 0 Å². The fourth-order valence-corrected chi connectivity index (χ4v) is 6.35. The molecule has 0 aliphatic carbocycles. The van der Waals surface area contributed by atoms with Crippen molar-refractivity contribution in [2.45, 2.75) is 191 Å². The maximum absolute atomic E-state index is 12.9. The molecule has 15 nitrogen and oxygen atoms in total. The zero-order valence-electron chi connectivity index (χ0n) is 34.1. The smallest absolute Gasteiger partial charge is 0.306 e. The molecule has 57 heavy (non-hydrogen) atoms. The van der Waals surface area contributed by atoms with E-state index in [1.54, 1.807) is 0 Å². The predicted molar refractivity (Wildman–Crippen MR) is 210 cm³/mol. The Morgan fingerprint density at radius 3 is 1.74 bits per heavy atom. The number of carbonyl (C=O) groups is 2. The van der Waals surface area contributed by atoms with Gasteiger partial charge in [0.1, 0.15) is 55.4 Å². The van der Waals surface area contributed by atoms with Gasteiger partial charge in [0.2, 0.25) is 0 Å². The number of carbonyl (C=O) groups excluding carboxylic acids is 2. The van der Waals surface area contributed by atoms with Crippen LogP contribution in [0.3, 0.4) is 0 Å². The first-order valence-electron chi connectivity index (χ1n) is 21.1. The second-order valence-electron chi connectivity index (χ2n) is 14.8. The van der Waals surface area contributed by atoms with Crippen LogP contribution in [0.4, 0.5) is 0 Å². The molecule has 15 heteroatoms. The van der Waals surface area contributed by atoms with Crippen molar-refractivity contribution in [1.82, 2.24) is 0 Å². The summed E-state index contributed by atoms with van der Waals surface area (Å²) in [6.45, 7) is 2.36. The van der Waals surface area contributed by atoms with Gasteiger partial charge in [-0.3, -0.25) is 9.59 Å². The number of aliphatic hydroxyl groups is 7. The summed E-state index contributed by atoms with van der Waals surface area (Å²) in [6.07, 6.45) is 10.8. The lowest BCUT2D eigenvalue weighted by Gasteiger charge is -2.42. The Morgan fingerprint density at radius 1 is 0.579 bits per heavy atom. The average molecular weight is 817 g/mol. The summed E-state index contributed by atoms with van der Waals surface area (Å²) in [7, 11) is 0. The number of allylic oxidation sites excluding steroid dienone is 6. The van der Waals surface area contributed by atoms with Gasteiger partial charge in [0.05, 0.1) is 19.8 Å². The number of hydrogen-bond donors (Lipinski definition) is 7. The lowest BCUT2D eigenvalue weighted by atomic mass is 9.98. The Kier molecular flexibility index (Phi) is 27.4. The Balaban J connectivity index is 1.90. The van der Waals surface area contributed by atoms with Gasteiger partial charge in [-0.15, -0.1) is 0 Å². The Bertz CT molecular complexity index is 1150. The second kappa shape index (κ2) is 30.7. The van der Waals surface area contributed by atoms with Crippen molar-refractivity contribution < 1.29 is 73.8 Å². The van der Waals surface area contributed by atoms with Crippen LogP contribution in [0.2, 0.25) is 0 Å². The molecule has 11 atom stereocenters. The lowest BCUT2D eigenvalue weighted by molar-refractivity contribution is -0.332. The van der Waals surface area contributed by atoms with Crippen LogP contribution in [-0.4, -0.2) is 142 Å². The van der Waals surface area contributed by atoms with Gasteiger partial charge < -0.3 is 64.2 Å². The zero-order valence-corrected chi connectivity index (χ0v) is 34.1. The first kappa shape index (κ1) is 50.9. The first-order chi connectivity index (χ1) is 27.5. The summed E-state index contributed by atoms with van der Waals surface area (Å²) < 4.78 is 33.3. The molecule has 2 saturated heterocycles. The van der Waals surface area contributed by atoms with Crippen LogP contribution in [0, 0.1) is 0 Å². The van der Waals surface area contributed by atoms with Crippen molar-refractivity contribution in [2.24, 2.45) is 0 Å². The second-order valence-corrected chi connectivity index (χ2v) is 14.8. The molecule has 2 aliphatic heterocycles. The molecule has 0 radical (unpaired) electrons. The fourth-order valence-electron chi connectivity index (χ4n) is 6.35. The highest BCUT2D eigenvalue weighted by Gasteiger charge is 2.47. The molecule has 2 rings (SSSR count). The van der Waals surface area contributed by atoms with Gasteiger partial charge in [0.25, 0.3) is 0 Å². The van der Waals surface area contributed by atoms with Gasteiger partial charge >= 0.3 is 11.9 Å². The highest BCUT2D eigenvalue weighted by atomic mass is 16.7. The topological polar surface area (TPSA) is 231 Å². The molecule has 0 aromatic carbocycles. The monoisotopic (exact) mass is 816 g/mol. The van der Waals surface area contributed by atoms with Crippen LogP contribution >= 0.6 is 0 Å². The number of unbranched alkanes of at least 4 members (excludes halogenated alkanes) is 10. The minimum absolute atomic E-state index is 0.130. The van der Waals surface area contributed by atoms with E-state index in [-0.39, 0.29) is 19.4 Å². The number of aliphatic hydroxyl groups excluding tert-OH is 7. The van der Waals surface area contributed by atoms with E-state index in [4.69, 9.17) is 28.4 Å². The minimum Gasteiger partial charge on any atom is -0.462 e. The zero-order chi connectivity index (χ0) is 41.8. The molecule has 0 bridgehead atoms. The van der Waals surface area contributed by atoms with Gasteiger partial charge in [-0.05, 0) is 44.9 Å². The molecule has 2 aliphatic rings. The number of ether oxygens (including phenoxy) is 6. The quantitative estimate of drug-likeness (QED) is 0.0313. The van der Waals surface area contributed by atoms with Gasteiger partial charge in [0, 0.05) is 12.8 Å².